The fraction of sp³-hybridized carbons (Fsp3) is 0.875. The molecule has 1 heterocycles. The Hall–Kier alpha value is -0.700. The maximum atomic E-state index is 11.3. The van der Waals surface area contributed by atoms with Crippen LogP contribution in [-0.4, -0.2) is 49.9 Å². The highest BCUT2D eigenvalue weighted by Gasteiger charge is 2.28. The van der Waals surface area contributed by atoms with Crippen molar-refractivity contribution in [2.24, 2.45) is 5.84 Å². The van der Waals surface area contributed by atoms with Crippen molar-refractivity contribution in [2.45, 2.75) is 19.4 Å². The molecule has 1 saturated heterocycles. The van der Waals surface area contributed by atoms with Gasteiger partial charge in [0.2, 0.25) is 0 Å². The number of hydrazine groups is 1. The fourth-order valence-corrected chi connectivity index (χ4v) is 3.34. The van der Waals surface area contributed by atoms with E-state index < -0.39 is 15.8 Å². The molecular formula is C8H17N3O4S. The molecule has 1 atom stereocenters. The Balaban J connectivity index is 2.36. The van der Waals surface area contributed by atoms with Gasteiger partial charge in [-0.15, -0.1) is 0 Å². The molecule has 0 aromatic heterocycles. The van der Waals surface area contributed by atoms with E-state index >= 15 is 0 Å². The summed E-state index contributed by atoms with van der Waals surface area (Å²) >= 11 is 0. The first kappa shape index (κ1) is 13.4. The van der Waals surface area contributed by atoms with Gasteiger partial charge in [0.1, 0.15) is 0 Å². The van der Waals surface area contributed by atoms with E-state index in [0.29, 0.717) is 13.1 Å². The Bertz CT molecular complexity index is 343. The molecule has 0 amide bonds. The topological polar surface area (TPSA) is 102 Å². The molecule has 8 heteroatoms. The van der Waals surface area contributed by atoms with Gasteiger partial charge >= 0.3 is 5.97 Å². The zero-order valence-corrected chi connectivity index (χ0v) is 10.00. The van der Waals surface area contributed by atoms with Gasteiger partial charge in [-0.25, -0.2) is 14.3 Å². The van der Waals surface area contributed by atoms with Crippen LogP contribution < -0.4 is 11.4 Å². The van der Waals surface area contributed by atoms with Crippen LogP contribution in [0.4, 0.5) is 0 Å². The number of nitrogens with two attached hydrogens (primary N) is 1. The van der Waals surface area contributed by atoms with E-state index in [-0.39, 0.29) is 24.0 Å². The first-order valence-corrected chi connectivity index (χ1v) is 6.86. The molecular weight excluding hydrogens is 234 g/mol. The van der Waals surface area contributed by atoms with Gasteiger partial charge in [-0.2, -0.15) is 0 Å². The standard InChI is InChI=1S/C8H17N3O4S/c1-7-6-16(13,14)5-4-11(7)3-2-8(12)15-10-9/h7,10H,2-6,9H2,1H3. The Morgan fingerprint density at radius 2 is 2.31 bits per heavy atom. The Labute approximate surface area is 94.8 Å². The average molecular weight is 251 g/mol. The molecule has 16 heavy (non-hydrogen) atoms. The molecule has 3 N–H and O–H groups in total. The second-order valence-electron chi connectivity index (χ2n) is 3.84. The van der Waals surface area contributed by atoms with E-state index in [9.17, 15) is 13.2 Å². The lowest BCUT2D eigenvalue weighted by Gasteiger charge is -2.32. The predicted octanol–water partition coefficient (Wildman–Crippen LogP) is -1.58. The van der Waals surface area contributed by atoms with E-state index in [0.717, 1.165) is 0 Å². The SMILES string of the molecule is CC1CS(=O)(=O)CCN1CCC(=O)ONN. The molecule has 94 valence electrons. The Morgan fingerprint density at radius 3 is 2.88 bits per heavy atom. The normalized spacial score (nSPS) is 25.2. The highest BCUT2D eigenvalue weighted by molar-refractivity contribution is 7.91. The third kappa shape index (κ3) is 4.05. The predicted molar refractivity (Wildman–Crippen MR) is 57.7 cm³/mol. The van der Waals surface area contributed by atoms with Crippen molar-refractivity contribution in [1.82, 2.24) is 10.5 Å². The fourth-order valence-electron chi connectivity index (χ4n) is 1.72. The molecule has 0 spiro atoms. The maximum Gasteiger partial charge on any atom is 0.327 e. The van der Waals surface area contributed by atoms with Crippen molar-refractivity contribution in [3.8, 4) is 0 Å². The summed E-state index contributed by atoms with van der Waals surface area (Å²) in [5, 5.41) is 0. The van der Waals surface area contributed by atoms with Gasteiger partial charge in [-0.3, -0.25) is 9.69 Å². The van der Waals surface area contributed by atoms with Crippen LogP contribution in [0.2, 0.25) is 0 Å². The van der Waals surface area contributed by atoms with E-state index in [1.807, 2.05) is 17.4 Å². The number of nitrogens with zero attached hydrogens (tertiary/aromatic N) is 1. The molecule has 1 aliphatic rings. The summed E-state index contributed by atoms with van der Waals surface area (Å²) in [5.41, 5.74) is 1.82. The number of nitrogens with one attached hydrogen (secondary N) is 1. The van der Waals surface area contributed by atoms with Gasteiger partial charge in [0, 0.05) is 19.1 Å². The third-order valence-corrected chi connectivity index (χ3v) is 4.38. The zero-order valence-electron chi connectivity index (χ0n) is 9.18. The summed E-state index contributed by atoms with van der Waals surface area (Å²) in [5.74, 6) is 4.66. The second kappa shape index (κ2) is 5.58. The van der Waals surface area contributed by atoms with Gasteiger partial charge in [0.05, 0.1) is 17.9 Å². The van der Waals surface area contributed by atoms with E-state index in [2.05, 4.69) is 4.84 Å². The van der Waals surface area contributed by atoms with Crippen LogP contribution in [0.25, 0.3) is 0 Å². The van der Waals surface area contributed by atoms with Crippen molar-refractivity contribution in [3.05, 3.63) is 0 Å². The lowest BCUT2D eigenvalue weighted by Crippen LogP contribution is -2.47. The number of hydrogen-bond donors (Lipinski definition) is 2. The molecule has 0 aliphatic carbocycles. The van der Waals surface area contributed by atoms with Gasteiger partial charge in [0.25, 0.3) is 0 Å². The second-order valence-corrected chi connectivity index (χ2v) is 6.07. The summed E-state index contributed by atoms with van der Waals surface area (Å²) in [6.45, 7) is 2.78. The van der Waals surface area contributed by atoms with E-state index in [4.69, 9.17) is 5.84 Å². The van der Waals surface area contributed by atoms with Gasteiger partial charge in [0.15, 0.2) is 9.84 Å². The smallest absolute Gasteiger partial charge is 0.327 e. The van der Waals surface area contributed by atoms with Crippen LogP contribution >= 0.6 is 0 Å². The number of carbonyl (C=O) groups is 1. The van der Waals surface area contributed by atoms with Crippen LogP contribution in [0.1, 0.15) is 13.3 Å². The summed E-state index contributed by atoms with van der Waals surface area (Å²) in [7, 11) is -2.90. The minimum absolute atomic E-state index is 0.0580. The summed E-state index contributed by atoms with van der Waals surface area (Å²) in [6, 6.07) is -0.0580. The monoisotopic (exact) mass is 251 g/mol. The van der Waals surface area contributed by atoms with Crippen LogP contribution in [0.5, 0.6) is 0 Å². The molecule has 0 bridgehead atoms. The van der Waals surface area contributed by atoms with Gasteiger partial charge in [-0.1, -0.05) is 5.59 Å². The molecule has 1 aliphatic heterocycles. The summed E-state index contributed by atoms with van der Waals surface area (Å²) < 4.78 is 22.6. The van der Waals surface area contributed by atoms with Crippen LogP contribution in [0, 0.1) is 0 Å². The molecule has 0 radical (unpaired) electrons. The molecule has 0 saturated carbocycles. The number of sulfone groups is 1. The molecule has 1 unspecified atom stereocenters. The number of rotatable bonds is 4. The maximum absolute atomic E-state index is 11.3. The minimum atomic E-state index is -2.90. The average Bonchev–Trinajstić information content (AvgIpc) is 2.15. The lowest BCUT2D eigenvalue weighted by molar-refractivity contribution is -0.151. The third-order valence-electron chi connectivity index (χ3n) is 2.58. The number of hydrogen-bond acceptors (Lipinski definition) is 7. The van der Waals surface area contributed by atoms with Crippen LogP contribution in [0.15, 0.2) is 0 Å². The lowest BCUT2D eigenvalue weighted by atomic mass is 10.3. The number of carbonyl (C=O) groups excluding carboxylic acids is 1. The molecule has 1 fully saturated rings. The van der Waals surface area contributed by atoms with Gasteiger partial charge < -0.3 is 4.84 Å². The largest absolute Gasteiger partial charge is 0.356 e. The molecule has 1 rings (SSSR count). The van der Waals surface area contributed by atoms with Crippen molar-refractivity contribution in [3.63, 3.8) is 0 Å². The quantitative estimate of drug-likeness (QED) is 0.459. The van der Waals surface area contributed by atoms with E-state index in [1.54, 1.807) is 0 Å². The molecule has 0 aromatic carbocycles. The minimum Gasteiger partial charge on any atom is -0.356 e. The zero-order chi connectivity index (χ0) is 12.2. The highest BCUT2D eigenvalue weighted by atomic mass is 32.2. The van der Waals surface area contributed by atoms with Crippen LogP contribution in [0.3, 0.4) is 0 Å². The molecule has 0 aromatic rings. The van der Waals surface area contributed by atoms with Gasteiger partial charge in [-0.05, 0) is 6.92 Å². The summed E-state index contributed by atoms with van der Waals surface area (Å²) in [6.07, 6.45) is 0.189. The summed E-state index contributed by atoms with van der Waals surface area (Å²) in [4.78, 5) is 17.3. The van der Waals surface area contributed by atoms with Crippen molar-refractivity contribution >= 4 is 15.8 Å². The van der Waals surface area contributed by atoms with Crippen molar-refractivity contribution in [2.75, 3.05) is 24.6 Å². The first-order valence-electron chi connectivity index (χ1n) is 5.04. The van der Waals surface area contributed by atoms with Crippen molar-refractivity contribution < 1.29 is 18.0 Å². The molecule has 7 nitrogen and oxygen atoms in total. The Kier molecular flexibility index (Phi) is 4.66. The Morgan fingerprint density at radius 1 is 1.62 bits per heavy atom. The van der Waals surface area contributed by atoms with E-state index in [1.165, 1.54) is 0 Å². The van der Waals surface area contributed by atoms with Crippen molar-refractivity contribution in [1.29, 1.82) is 0 Å². The van der Waals surface area contributed by atoms with Crippen LogP contribution in [-0.2, 0) is 19.5 Å². The first-order chi connectivity index (χ1) is 7.44. The highest BCUT2D eigenvalue weighted by Crippen LogP contribution is 2.11.